The van der Waals surface area contributed by atoms with Crippen molar-refractivity contribution in [2.24, 2.45) is 0 Å². The van der Waals surface area contributed by atoms with Crippen molar-refractivity contribution in [2.45, 2.75) is 53.4 Å². The van der Waals surface area contributed by atoms with Crippen molar-refractivity contribution < 1.29 is 0 Å². The molecule has 175 valence electrons. The molecule has 0 bridgehead atoms. The largest absolute Gasteiger partial charge is 0.371 e. The van der Waals surface area contributed by atoms with E-state index in [1.165, 1.54) is 33.6 Å². The first kappa shape index (κ1) is 24.9. The summed E-state index contributed by atoms with van der Waals surface area (Å²) in [6.07, 6.45) is 4.56. The van der Waals surface area contributed by atoms with Gasteiger partial charge in [-0.3, -0.25) is 0 Å². The number of benzene rings is 3. The van der Waals surface area contributed by atoms with Crippen LogP contribution in [0.2, 0.25) is 0 Å². The topological polar surface area (TPSA) is 6.48 Å². The molecule has 0 atom stereocenters. The molecule has 0 aliphatic carbocycles. The van der Waals surface area contributed by atoms with Crippen LogP contribution < -0.4 is 9.80 Å². The zero-order chi connectivity index (χ0) is 23.6. The molecule has 2 nitrogen and oxygen atoms in total. The van der Waals surface area contributed by atoms with E-state index in [2.05, 4.69) is 111 Å². The van der Waals surface area contributed by atoms with Gasteiger partial charge in [0.2, 0.25) is 0 Å². The summed E-state index contributed by atoms with van der Waals surface area (Å²) >= 11 is 0. The summed E-state index contributed by atoms with van der Waals surface area (Å²) in [6, 6.07) is 24.4. The Balaban J connectivity index is 2.22. The summed E-state index contributed by atoms with van der Waals surface area (Å²) in [7, 11) is 0. The second-order valence-corrected chi connectivity index (χ2v) is 8.85. The highest BCUT2D eigenvalue weighted by Crippen LogP contribution is 2.42. The molecule has 0 fully saturated rings. The molecule has 1 radical (unpaired) electrons. The van der Waals surface area contributed by atoms with Crippen LogP contribution in [0.15, 0.2) is 66.7 Å². The summed E-state index contributed by atoms with van der Waals surface area (Å²) in [6.45, 7) is 17.8. The van der Waals surface area contributed by atoms with E-state index >= 15 is 0 Å². The van der Waals surface area contributed by atoms with Crippen LogP contribution in [0.5, 0.6) is 0 Å². The van der Waals surface area contributed by atoms with E-state index in [9.17, 15) is 0 Å². The SMILES string of the molecule is [CH2]c1cccc(-c2ccccc2N(CCC)CCC)c1-c1ccccc1N(CCC)CCC. The second-order valence-electron chi connectivity index (χ2n) is 8.85. The molecule has 0 saturated carbocycles. The predicted molar refractivity (Wildman–Crippen MR) is 147 cm³/mol. The maximum atomic E-state index is 4.49. The molecular formula is C31H41N2. The van der Waals surface area contributed by atoms with Crippen molar-refractivity contribution in [3.05, 3.63) is 79.2 Å². The van der Waals surface area contributed by atoms with Crippen LogP contribution in [-0.2, 0) is 0 Å². The molecule has 0 aliphatic rings. The first-order chi connectivity index (χ1) is 16.2. The lowest BCUT2D eigenvalue weighted by molar-refractivity contribution is 0.745. The average Bonchev–Trinajstić information content (AvgIpc) is 2.84. The smallest absolute Gasteiger partial charge is 0.0446 e. The Kier molecular flexibility index (Phi) is 9.42. The second kappa shape index (κ2) is 12.5. The van der Waals surface area contributed by atoms with Gasteiger partial charge in [-0.2, -0.15) is 0 Å². The number of hydrogen-bond donors (Lipinski definition) is 0. The van der Waals surface area contributed by atoms with Crippen LogP contribution in [0.3, 0.4) is 0 Å². The Morgan fingerprint density at radius 3 is 1.45 bits per heavy atom. The minimum atomic E-state index is 1.07. The van der Waals surface area contributed by atoms with Gasteiger partial charge in [0.05, 0.1) is 0 Å². The number of rotatable bonds is 12. The molecule has 0 saturated heterocycles. The van der Waals surface area contributed by atoms with E-state index in [1.807, 2.05) is 0 Å². The molecular weight excluding hydrogens is 400 g/mol. The Labute approximate surface area is 202 Å². The zero-order valence-corrected chi connectivity index (χ0v) is 21.1. The molecule has 0 spiro atoms. The van der Waals surface area contributed by atoms with Crippen LogP contribution in [-0.4, -0.2) is 26.2 Å². The quantitative estimate of drug-likeness (QED) is 0.278. The van der Waals surface area contributed by atoms with Crippen molar-refractivity contribution in [3.8, 4) is 22.3 Å². The first-order valence-corrected chi connectivity index (χ1v) is 12.8. The summed E-state index contributed by atoms with van der Waals surface area (Å²) in [5.74, 6) is 0. The van der Waals surface area contributed by atoms with Crippen LogP contribution in [0, 0.1) is 6.92 Å². The van der Waals surface area contributed by atoms with Gasteiger partial charge in [0.25, 0.3) is 0 Å². The summed E-state index contributed by atoms with van der Waals surface area (Å²) in [5.41, 5.74) is 8.83. The summed E-state index contributed by atoms with van der Waals surface area (Å²) < 4.78 is 0. The van der Waals surface area contributed by atoms with Gasteiger partial charge in [-0.15, -0.1) is 0 Å². The molecule has 0 N–H and O–H groups in total. The van der Waals surface area contributed by atoms with E-state index in [1.54, 1.807) is 0 Å². The first-order valence-electron chi connectivity index (χ1n) is 12.8. The van der Waals surface area contributed by atoms with E-state index in [0.29, 0.717) is 0 Å². The number of anilines is 2. The standard InChI is InChI=1S/C31H41N2/c1-6-21-32(22-7-2)29-19-12-10-16-26(29)27-18-14-15-25(5)31(27)28-17-11-13-20-30(28)33(23-8-3)24-9-4/h10-20H,5-9,21-24H2,1-4H3. The zero-order valence-electron chi connectivity index (χ0n) is 21.1. The minimum absolute atomic E-state index is 1.07. The van der Waals surface area contributed by atoms with Crippen LogP contribution >= 0.6 is 0 Å². The van der Waals surface area contributed by atoms with Crippen molar-refractivity contribution >= 4 is 11.4 Å². The Morgan fingerprint density at radius 2 is 0.939 bits per heavy atom. The highest BCUT2D eigenvalue weighted by Gasteiger charge is 2.19. The monoisotopic (exact) mass is 441 g/mol. The van der Waals surface area contributed by atoms with Gasteiger partial charge in [0.1, 0.15) is 0 Å². The number of hydrogen-bond acceptors (Lipinski definition) is 2. The van der Waals surface area contributed by atoms with E-state index in [-0.39, 0.29) is 0 Å². The minimum Gasteiger partial charge on any atom is -0.371 e. The normalized spacial score (nSPS) is 10.9. The van der Waals surface area contributed by atoms with Gasteiger partial charge < -0.3 is 9.80 Å². The molecule has 33 heavy (non-hydrogen) atoms. The van der Waals surface area contributed by atoms with Crippen molar-refractivity contribution in [3.63, 3.8) is 0 Å². The van der Waals surface area contributed by atoms with E-state index in [0.717, 1.165) is 57.4 Å². The van der Waals surface area contributed by atoms with Gasteiger partial charge in [-0.1, -0.05) is 82.3 Å². The van der Waals surface area contributed by atoms with Gasteiger partial charge in [0.15, 0.2) is 0 Å². The van der Waals surface area contributed by atoms with Crippen LogP contribution in [0.25, 0.3) is 22.3 Å². The molecule has 0 aromatic heterocycles. The van der Waals surface area contributed by atoms with Gasteiger partial charge >= 0.3 is 0 Å². The molecule has 3 aromatic rings. The maximum absolute atomic E-state index is 4.49. The fourth-order valence-corrected chi connectivity index (χ4v) is 4.87. The van der Waals surface area contributed by atoms with E-state index < -0.39 is 0 Å². The van der Waals surface area contributed by atoms with Gasteiger partial charge in [-0.05, 0) is 61.4 Å². The molecule has 3 aromatic carbocycles. The van der Waals surface area contributed by atoms with E-state index in [4.69, 9.17) is 0 Å². The molecule has 0 aliphatic heterocycles. The van der Waals surface area contributed by atoms with Gasteiger partial charge in [0, 0.05) is 48.7 Å². The van der Waals surface area contributed by atoms with Crippen LogP contribution in [0.4, 0.5) is 11.4 Å². The number of para-hydroxylation sites is 2. The molecule has 3 rings (SSSR count). The van der Waals surface area contributed by atoms with Crippen molar-refractivity contribution in [1.82, 2.24) is 0 Å². The third-order valence-corrected chi connectivity index (χ3v) is 6.17. The lowest BCUT2D eigenvalue weighted by atomic mass is 9.89. The van der Waals surface area contributed by atoms with Crippen molar-refractivity contribution in [2.75, 3.05) is 36.0 Å². The molecule has 0 amide bonds. The average molecular weight is 442 g/mol. The molecule has 0 heterocycles. The molecule has 2 heteroatoms. The van der Waals surface area contributed by atoms with Gasteiger partial charge in [-0.25, -0.2) is 0 Å². The number of nitrogens with zero attached hydrogens (tertiary/aromatic N) is 2. The Bertz CT molecular complexity index is 995. The molecule has 0 unspecified atom stereocenters. The third-order valence-electron chi connectivity index (χ3n) is 6.17. The fourth-order valence-electron chi connectivity index (χ4n) is 4.87. The summed E-state index contributed by atoms with van der Waals surface area (Å²) in [5, 5.41) is 0. The Hall–Kier alpha value is -2.74. The fraction of sp³-hybridized carbons (Fsp3) is 0.387. The Morgan fingerprint density at radius 1 is 0.515 bits per heavy atom. The predicted octanol–water partition coefficient (Wildman–Crippen LogP) is 8.46. The lowest BCUT2D eigenvalue weighted by Crippen LogP contribution is -2.26. The van der Waals surface area contributed by atoms with Crippen molar-refractivity contribution in [1.29, 1.82) is 0 Å². The third kappa shape index (κ3) is 5.79. The van der Waals surface area contributed by atoms with Crippen LogP contribution in [0.1, 0.15) is 58.9 Å². The summed E-state index contributed by atoms with van der Waals surface area (Å²) in [4.78, 5) is 5.08. The lowest BCUT2D eigenvalue weighted by Gasteiger charge is -2.29. The highest BCUT2D eigenvalue weighted by atomic mass is 15.1. The highest BCUT2D eigenvalue weighted by molar-refractivity contribution is 5.95. The maximum Gasteiger partial charge on any atom is 0.0446 e.